The van der Waals surface area contributed by atoms with E-state index in [-0.39, 0.29) is 30.4 Å². The number of benzene rings is 1. The van der Waals surface area contributed by atoms with Gasteiger partial charge in [0.15, 0.2) is 18.2 Å². The van der Waals surface area contributed by atoms with Crippen molar-refractivity contribution in [3.05, 3.63) is 30.1 Å². The fourth-order valence-corrected chi connectivity index (χ4v) is 2.34. The van der Waals surface area contributed by atoms with Gasteiger partial charge in [-0.1, -0.05) is 12.1 Å². The van der Waals surface area contributed by atoms with Gasteiger partial charge >= 0.3 is 6.09 Å². The van der Waals surface area contributed by atoms with E-state index < -0.39 is 11.4 Å². The number of ether oxygens (including phenoxy) is 2. The fourth-order valence-electron chi connectivity index (χ4n) is 2.34. The Hall–Kier alpha value is -2.31. The quantitative estimate of drug-likeness (QED) is 0.915. The number of hydrogen-bond acceptors (Lipinski definition) is 4. The van der Waals surface area contributed by atoms with Crippen LogP contribution in [0.4, 0.5) is 9.18 Å². The van der Waals surface area contributed by atoms with Crippen LogP contribution in [0.5, 0.6) is 5.75 Å². The van der Waals surface area contributed by atoms with E-state index in [0.29, 0.717) is 19.5 Å². The zero-order chi connectivity index (χ0) is 17.7. The Morgan fingerprint density at radius 1 is 1.33 bits per heavy atom. The molecule has 1 aromatic carbocycles. The molecule has 1 aliphatic rings. The Morgan fingerprint density at radius 2 is 2.04 bits per heavy atom. The molecule has 2 rings (SSSR count). The van der Waals surface area contributed by atoms with E-state index in [9.17, 15) is 14.0 Å². The Bertz CT molecular complexity index is 600. The molecule has 0 aliphatic carbocycles. The zero-order valence-electron chi connectivity index (χ0n) is 14.2. The molecular formula is C17H23FN2O4. The van der Waals surface area contributed by atoms with Gasteiger partial charge in [0.25, 0.3) is 5.91 Å². The number of rotatable bonds is 4. The number of hydrogen-bond donors (Lipinski definition) is 1. The molecule has 24 heavy (non-hydrogen) atoms. The first-order chi connectivity index (χ1) is 11.2. The number of likely N-dealkylation sites (tertiary alicyclic amines) is 1. The normalized spacial score (nSPS) is 17.5. The Morgan fingerprint density at radius 3 is 2.71 bits per heavy atom. The number of nitrogens with zero attached hydrogens (tertiary/aromatic N) is 1. The standard InChI is InChI=1S/C17H23FN2O4/c1-17(2,3)24-16(22)20-9-8-12(10-20)19-15(21)11-23-14-7-5-4-6-13(14)18/h4-7,12H,8-11H2,1-3H3,(H,19,21)/t12-/m1/s1. The maximum atomic E-state index is 13.4. The van der Waals surface area contributed by atoms with Gasteiger partial charge in [-0.25, -0.2) is 9.18 Å². The number of nitrogens with one attached hydrogen (secondary N) is 1. The van der Waals surface area contributed by atoms with Gasteiger partial charge in [0.2, 0.25) is 0 Å². The highest BCUT2D eigenvalue weighted by Gasteiger charge is 2.30. The largest absolute Gasteiger partial charge is 0.481 e. The average molecular weight is 338 g/mol. The lowest BCUT2D eigenvalue weighted by Gasteiger charge is -2.24. The number of para-hydroxylation sites is 1. The van der Waals surface area contributed by atoms with Crippen LogP contribution in [0.15, 0.2) is 24.3 Å². The first kappa shape index (κ1) is 18.0. The molecule has 0 saturated carbocycles. The van der Waals surface area contributed by atoms with E-state index in [0.717, 1.165) is 0 Å². The molecule has 1 atom stereocenters. The smallest absolute Gasteiger partial charge is 0.410 e. The second kappa shape index (κ2) is 7.51. The summed E-state index contributed by atoms with van der Waals surface area (Å²) in [4.78, 5) is 25.4. The topological polar surface area (TPSA) is 67.9 Å². The Balaban J connectivity index is 1.75. The Kier molecular flexibility index (Phi) is 5.64. The third kappa shape index (κ3) is 5.40. The minimum absolute atomic E-state index is 0.0365. The molecule has 0 radical (unpaired) electrons. The summed E-state index contributed by atoms with van der Waals surface area (Å²) in [6.45, 7) is 6.05. The minimum Gasteiger partial charge on any atom is -0.481 e. The summed E-state index contributed by atoms with van der Waals surface area (Å²) in [5, 5.41) is 2.78. The molecular weight excluding hydrogens is 315 g/mol. The second-order valence-electron chi connectivity index (χ2n) is 6.70. The molecule has 1 heterocycles. The molecule has 0 spiro atoms. The van der Waals surface area contributed by atoms with Gasteiger partial charge in [-0.3, -0.25) is 4.79 Å². The summed E-state index contributed by atoms with van der Waals surface area (Å²) in [6.07, 6.45) is 0.256. The van der Waals surface area contributed by atoms with Crippen molar-refractivity contribution in [3.63, 3.8) is 0 Å². The van der Waals surface area contributed by atoms with Crippen LogP contribution in [0.1, 0.15) is 27.2 Å². The summed E-state index contributed by atoms with van der Waals surface area (Å²) in [5.41, 5.74) is -0.550. The van der Waals surface area contributed by atoms with Crippen LogP contribution >= 0.6 is 0 Å². The van der Waals surface area contributed by atoms with Crippen molar-refractivity contribution < 1.29 is 23.5 Å². The SMILES string of the molecule is CC(C)(C)OC(=O)N1CC[C@@H](NC(=O)COc2ccccc2F)C1. The highest BCUT2D eigenvalue weighted by molar-refractivity contribution is 5.78. The van der Waals surface area contributed by atoms with Crippen LogP contribution in [-0.4, -0.2) is 48.2 Å². The average Bonchev–Trinajstić information content (AvgIpc) is 2.93. The lowest BCUT2D eigenvalue weighted by Crippen LogP contribution is -2.41. The molecule has 6 nitrogen and oxygen atoms in total. The lowest BCUT2D eigenvalue weighted by atomic mass is 10.2. The monoisotopic (exact) mass is 338 g/mol. The highest BCUT2D eigenvalue weighted by Crippen LogP contribution is 2.16. The minimum atomic E-state index is -0.550. The maximum Gasteiger partial charge on any atom is 0.410 e. The predicted molar refractivity (Wildman–Crippen MR) is 86.2 cm³/mol. The third-order valence-electron chi connectivity index (χ3n) is 3.40. The van der Waals surface area contributed by atoms with Crippen molar-refractivity contribution in [2.45, 2.75) is 38.8 Å². The van der Waals surface area contributed by atoms with E-state index in [2.05, 4.69) is 5.32 Å². The molecule has 1 aliphatic heterocycles. The van der Waals surface area contributed by atoms with Crippen LogP contribution in [0.25, 0.3) is 0 Å². The first-order valence-corrected chi connectivity index (χ1v) is 7.89. The van der Waals surface area contributed by atoms with E-state index in [1.165, 1.54) is 12.1 Å². The highest BCUT2D eigenvalue weighted by atomic mass is 19.1. The van der Waals surface area contributed by atoms with Gasteiger partial charge < -0.3 is 19.7 Å². The Labute approximate surface area is 140 Å². The summed E-state index contributed by atoms with van der Waals surface area (Å²) >= 11 is 0. The van der Waals surface area contributed by atoms with Crippen LogP contribution < -0.4 is 10.1 Å². The number of carbonyl (C=O) groups is 2. The number of halogens is 1. The van der Waals surface area contributed by atoms with Crippen molar-refractivity contribution in [3.8, 4) is 5.75 Å². The summed E-state index contributed by atoms with van der Waals surface area (Å²) < 4.78 is 23.9. The molecule has 1 saturated heterocycles. The summed E-state index contributed by atoms with van der Waals surface area (Å²) in [7, 11) is 0. The van der Waals surface area contributed by atoms with E-state index >= 15 is 0 Å². The van der Waals surface area contributed by atoms with Crippen molar-refractivity contribution in [2.75, 3.05) is 19.7 Å². The molecule has 1 N–H and O–H groups in total. The molecule has 1 fully saturated rings. The molecule has 1 aromatic rings. The van der Waals surface area contributed by atoms with Gasteiger partial charge in [0, 0.05) is 19.1 Å². The first-order valence-electron chi connectivity index (χ1n) is 7.89. The van der Waals surface area contributed by atoms with Crippen LogP contribution in [0, 0.1) is 5.82 Å². The summed E-state index contributed by atoms with van der Waals surface area (Å²) in [5.74, 6) is -0.828. The molecule has 0 unspecified atom stereocenters. The van der Waals surface area contributed by atoms with Crippen molar-refractivity contribution in [2.24, 2.45) is 0 Å². The number of amides is 2. The van der Waals surface area contributed by atoms with Crippen LogP contribution in [0.2, 0.25) is 0 Å². The molecule has 2 amide bonds. The fraction of sp³-hybridized carbons (Fsp3) is 0.529. The third-order valence-corrected chi connectivity index (χ3v) is 3.40. The number of carbonyl (C=O) groups excluding carboxylic acids is 2. The van der Waals surface area contributed by atoms with Crippen molar-refractivity contribution in [1.29, 1.82) is 0 Å². The van der Waals surface area contributed by atoms with Gasteiger partial charge in [0.1, 0.15) is 5.60 Å². The van der Waals surface area contributed by atoms with Crippen LogP contribution in [0.3, 0.4) is 0 Å². The maximum absolute atomic E-state index is 13.4. The molecule has 7 heteroatoms. The van der Waals surface area contributed by atoms with E-state index in [1.54, 1.807) is 37.8 Å². The summed E-state index contributed by atoms with van der Waals surface area (Å²) in [6, 6.07) is 5.75. The van der Waals surface area contributed by atoms with Crippen molar-refractivity contribution in [1.82, 2.24) is 10.2 Å². The van der Waals surface area contributed by atoms with Gasteiger partial charge in [-0.15, -0.1) is 0 Å². The molecule has 0 bridgehead atoms. The lowest BCUT2D eigenvalue weighted by molar-refractivity contribution is -0.123. The van der Waals surface area contributed by atoms with E-state index in [4.69, 9.17) is 9.47 Å². The predicted octanol–water partition coefficient (Wildman–Crippen LogP) is 2.33. The zero-order valence-corrected chi connectivity index (χ0v) is 14.2. The van der Waals surface area contributed by atoms with E-state index in [1.807, 2.05) is 0 Å². The molecule has 132 valence electrons. The van der Waals surface area contributed by atoms with Crippen LogP contribution in [-0.2, 0) is 9.53 Å². The van der Waals surface area contributed by atoms with Gasteiger partial charge in [-0.2, -0.15) is 0 Å². The van der Waals surface area contributed by atoms with Gasteiger partial charge in [0.05, 0.1) is 0 Å². The van der Waals surface area contributed by atoms with Crippen molar-refractivity contribution >= 4 is 12.0 Å². The van der Waals surface area contributed by atoms with Gasteiger partial charge in [-0.05, 0) is 39.3 Å². The second-order valence-corrected chi connectivity index (χ2v) is 6.70. The molecule has 0 aromatic heterocycles.